The smallest absolute Gasteiger partial charge is 0.201 e. The van der Waals surface area contributed by atoms with Crippen LogP contribution in [0.5, 0.6) is 0 Å². The number of Topliss-reactive ketones (excluding diaryl/α,β-unsaturated/α-hetero) is 1. The Kier molecular flexibility index (Phi) is 5.48. The third-order valence-electron chi connectivity index (χ3n) is 2.86. The van der Waals surface area contributed by atoms with E-state index >= 15 is 0 Å². The lowest BCUT2D eigenvalue weighted by Gasteiger charge is -2.23. The second-order valence-corrected chi connectivity index (χ2v) is 6.37. The maximum Gasteiger partial charge on any atom is 0.201 e. The van der Waals surface area contributed by atoms with Crippen LogP contribution >= 0.6 is 23.5 Å². The molecule has 0 aliphatic heterocycles. The minimum atomic E-state index is -0.0214. The maximum atomic E-state index is 12.6. The first-order valence-electron chi connectivity index (χ1n) is 6.25. The van der Waals surface area contributed by atoms with Gasteiger partial charge in [-0.3, -0.25) is 4.79 Å². The van der Waals surface area contributed by atoms with Crippen LogP contribution in [0.1, 0.15) is 15.9 Å². The van der Waals surface area contributed by atoms with E-state index in [9.17, 15) is 4.79 Å². The molecule has 1 aliphatic rings. The van der Waals surface area contributed by atoms with Gasteiger partial charge in [0.15, 0.2) is 0 Å². The van der Waals surface area contributed by atoms with Crippen LogP contribution in [0.2, 0.25) is 0 Å². The van der Waals surface area contributed by atoms with Gasteiger partial charge in [-0.1, -0.05) is 30.8 Å². The Bertz CT molecular complexity index is 515. The minimum absolute atomic E-state index is 0.0213. The summed E-state index contributed by atoms with van der Waals surface area (Å²) >= 11 is 2.79. The van der Waals surface area contributed by atoms with Crippen molar-refractivity contribution in [2.24, 2.45) is 0 Å². The molecule has 0 amide bonds. The number of carbonyl (C=O) groups is 1. The molecule has 0 atom stereocenters. The summed E-state index contributed by atoms with van der Waals surface area (Å²) < 4.78 is 0. The summed E-state index contributed by atoms with van der Waals surface area (Å²) in [5.41, 5.74) is 2.33. The number of aliphatic hydroxyl groups excluding tert-OH is 2. The zero-order valence-electron chi connectivity index (χ0n) is 11.0. The van der Waals surface area contributed by atoms with E-state index in [4.69, 9.17) is 10.2 Å². The highest BCUT2D eigenvalue weighted by Crippen LogP contribution is 2.43. The fraction of sp³-hybridized carbons (Fsp3) is 0.267. The molecule has 0 heterocycles. The normalized spacial score (nSPS) is 14.7. The van der Waals surface area contributed by atoms with Crippen LogP contribution in [0, 0.1) is 0 Å². The molecule has 0 fully saturated rings. The van der Waals surface area contributed by atoms with Gasteiger partial charge in [-0.25, -0.2) is 0 Å². The van der Waals surface area contributed by atoms with Gasteiger partial charge in [0.25, 0.3) is 0 Å². The van der Waals surface area contributed by atoms with Crippen LogP contribution < -0.4 is 0 Å². The van der Waals surface area contributed by atoms with Gasteiger partial charge < -0.3 is 10.2 Å². The number of benzene rings is 1. The van der Waals surface area contributed by atoms with Crippen molar-refractivity contribution in [2.75, 3.05) is 24.7 Å². The van der Waals surface area contributed by atoms with Gasteiger partial charge in [0.1, 0.15) is 0 Å². The summed E-state index contributed by atoms with van der Waals surface area (Å²) in [4.78, 5) is 14.0. The van der Waals surface area contributed by atoms with E-state index in [1.165, 1.54) is 23.5 Å². The lowest BCUT2D eigenvalue weighted by atomic mass is 9.92. The minimum Gasteiger partial charge on any atom is -0.396 e. The van der Waals surface area contributed by atoms with E-state index < -0.39 is 0 Å². The Balaban J connectivity index is 2.44. The van der Waals surface area contributed by atoms with Gasteiger partial charge in [-0.05, 0) is 11.1 Å². The van der Waals surface area contributed by atoms with Gasteiger partial charge >= 0.3 is 0 Å². The topological polar surface area (TPSA) is 57.5 Å². The van der Waals surface area contributed by atoms with E-state index in [1.807, 2.05) is 18.2 Å². The van der Waals surface area contributed by atoms with Gasteiger partial charge in [0.05, 0.1) is 18.1 Å². The molecule has 0 unspecified atom stereocenters. The average Bonchev–Trinajstić information content (AvgIpc) is 2.48. The quantitative estimate of drug-likeness (QED) is 0.846. The van der Waals surface area contributed by atoms with Gasteiger partial charge in [-0.15, -0.1) is 23.5 Å². The van der Waals surface area contributed by atoms with Gasteiger partial charge in [0, 0.05) is 22.0 Å². The molecule has 2 rings (SSSR count). The van der Waals surface area contributed by atoms with Crippen molar-refractivity contribution in [1.29, 1.82) is 0 Å². The molecule has 3 nitrogen and oxygen atoms in total. The fourth-order valence-corrected chi connectivity index (χ4v) is 3.96. The lowest BCUT2D eigenvalue weighted by Crippen LogP contribution is -2.14. The number of hydrogen-bond donors (Lipinski definition) is 2. The first kappa shape index (κ1) is 15.4. The molecule has 0 spiro atoms. The van der Waals surface area contributed by atoms with E-state index in [0.717, 1.165) is 16.0 Å². The second kappa shape index (κ2) is 7.13. The Morgan fingerprint density at radius 1 is 0.950 bits per heavy atom. The van der Waals surface area contributed by atoms with Crippen molar-refractivity contribution in [1.82, 2.24) is 0 Å². The van der Waals surface area contributed by atoms with Gasteiger partial charge in [0.2, 0.25) is 5.78 Å². The zero-order chi connectivity index (χ0) is 14.5. The number of carbonyl (C=O) groups excluding carboxylic acids is 1. The molecule has 20 heavy (non-hydrogen) atoms. The third-order valence-corrected chi connectivity index (χ3v) is 5.18. The van der Waals surface area contributed by atoms with Crippen molar-refractivity contribution in [2.45, 2.75) is 0 Å². The van der Waals surface area contributed by atoms with Crippen molar-refractivity contribution in [3.63, 3.8) is 0 Å². The molecule has 106 valence electrons. The average molecular weight is 308 g/mol. The third kappa shape index (κ3) is 3.01. The first-order chi connectivity index (χ1) is 9.70. The van der Waals surface area contributed by atoms with Crippen LogP contribution in [-0.4, -0.2) is 40.7 Å². The molecular weight excluding hydrogens is 292 g/mol. The Hall–Kier alpha value is -1.01. The molecule has 2 N–H and O–H groups in total. The monoisotopic (exact) mass is 308 g/mol. The maximum absolute atomic E-state index is 12.6. The van der Waals surface area contributed by atoms with Crippen LogP contribution in [0.25, 0.3) is 5.57 Å². The molecule has 0 bridgehead atoms. The van der Waals surface area contributed by atoms with Crippen molar-refractivity contribution in [3.8, 4) is 0 Å². The van der Waals surface area contributed by atoms with Crippen molar-refractivity contribution < 1.29 is 15.0 Å². The van der Waals surface area contributed by atoms with E-state index in [-0.39, 0.29) is 19.0 Å². The summed E-state index contributed by atoms with van der Waals surface area (Å²) in [6.45, 7) is 4.17. The number of allylic oxidation sites excluding steroid dienone is 2. The fourth-order valence-electron chi connectivity index (χ4n) is 2.01. The molecular formula is C15H16O3S2. The summed E-state index contributed by atoms with van der Waals surface area (Å²) in [7, 11) is 0. The van der Waals surface area contributed by atoms with E-state index in [1.54, 1.807) is 6.07 Å². The molecule has 1 aromatic carbocycles. The van der Waals surface area contributed by atoms with Crippen molar-refractivity contribution >= 4 is 34.9 Å². The van der Waals surface area contributed by atoms with Gasteiger partial charge in [-0.2, -0.15) is 0 Å². The van der Waals surface area contributed by atoms with Crippen molar-refractivity contribution in [3.05, 3.63) is 51.8 Å². The summed E-state index contributed by atoms with van der Waals surface area (Å²) in [6, 6.07) is 7.42. The van der Waals surface area contributed by atoms with E-state index in [0.29, 0.717) is 22.0 Å². The predicted octanol–water partition coefficient (Wildman–Crippen LogP) is 2.56. The molecule has 1 aromatic rings. The Morgan fingerprint density at radius 2 is 1.50 bits per heavy atom. The molecule has 1 aliphatic carbocycles. The molecule has 5 heteroatoms. The molecule has 0 radical (unpaired) electrons. The van der Waals surface area contributed by atoms with E-state index in [2.05, 4.69) is 6.58 Å². The SMILES string of the molecule is C=C1C(SCCO)=C(SCCO)C(=O)c2ccccc21. The highest BCUT2D eigenvalue weighted by molar-refractivity contribution is 8.07. The van der Waals surface area contributed by atoms with Crippen LogP contribution in [0.15, 0.2) is 40.7 Å². The Morgan fingerprint density at radius 3 is 2.10 bits per heavy atom. The number of ketones is 1. The van der Waals surface area contributed by atoms with Crippen LogP contribution in [-0.2, 0) is 0 Å². The molecule has 0 saturated heterocycles. The highest BCUT2D eigenvalue weighted by Gasteiger charge is 2.28. The lowest BCUT2D eigenvalue weighted by molar-refractivity contribution is 0.104. The molecule has 0 saturated carbocycles. The highest BCUT2D eigenvalue weighted by atomic mass is 32.2. The standard InChI is InChI=1S/C15H16O3S2/c1-10-11-4-2-3-5-12(11)13(18)15(20-9-7-17)14(10)19-8-6-16/h2-5,16-17H,1,6-9H2. The summed E-state index contributed by atoms with van der Waals surface area (Å²) in [6.07, 6.45) is 0. The number of hydrogen-bond acceptors (Lipinski definition) is 5. The Labute approximate surface area is 126 Å². The largest absolute Gasteiger partial charge is 0.396 e. The zero-order valence-corrected chi connectivity index (χ0v) is 12.6. The van der Waals surface area contributed by atoms with Crippen LogP contribution in [0.4, 0.5) is 0 Å². The number of fused-ring (bicyclic) bond motifs is 1. The summed E-state index contributed by atoms with van der Waals surface area (Å²) in [5.74, 6) is 0.971. The number of aliphatic hydroxyl groups is 2. The summed E-state index contributed by atoms with van der Waals surface area (Å²) in [5, 5.41) is 18.0. The second-order valence-electron chi connectivity index (χ2n) is 4.16. The number of thioether (sulfide) groups is 2. The van der Waals surface area contributed by atoms with Crippen LogP contribution in [0.3, 0.4) is 0 Å². The first-order valence-corrected chi connectivity index (χ1v) is 8.22. The molecule has 0 aromatic heterocycles. The number of rotatable bonds is 6. The predicted molar refractivity (Wildman–Crippen MR) is 85.9 cm³/mol.